The average Bonchev–Trinajstić information content (AvgIpc) is 3.01. The highest BCUT2D eigenvalue weighted by molar-refractivity contribution is 7.98. The zero-order chi connectivity index (χ0) is 14.8. The zero-order valence-electron chi connectivity index (χ0n) is 11.5. The standard InChI is InChI=1S/C13H13FN4O2S/c1-7-16-11(18-13(17-7)21-2)9-5-8(6-15-10(9)14)12-19-3-4-20-12/h5-6,12H,3-4H2,1-2H3. The third-order valence-electron chi connectivity index (χ3n) is 2.90. The van der Waals surface area contributed by atoms with E-state index in [1.54, 1.807) is 13.0 Å². The Bertz CT molecular complexity index is 665. The number of aromatic nitrogens is 4. The molecule has 21 heavy (non-hydrogen) atoms. The Morgan fingerprint density at radius 1 is 1.24 bits per heavy atom. The first-order valence-electron chi connectivity index (χ1n) is 6.33. The van der Waals surface area contributed by atoms with Gasteiger partial charge < -0.3 is 9.47 Å². The minimum atomic E-state index is -0.630. The molecule has 0 radical (unpaired) electrons. The van der Waals surface area contributed by atoms with Gasteiger partial charge in [0, 0.05) is 11.8 Å². The first-order chi connectivity index (χ1) is 10.2. The summed E-state index contributed by atoms with van der Waals surface area (Å²) in [6, 6.07) is 1.61. The molecule has 0 saturated carbocycles. The lowest BCUT2D eigenvalue weighted by Crippen LogP contribution is -2.04. The first-order valence-corrected chi connectivity index (χ1v) is 7.55. The van der Waals surface area contributed by atoms with Crippen LogP contribution in [0.5, 0.6) is 0 Å². The number of hydrogen-bond donors (Lipinski definition) is 0. The van der Waals surface area contributed by atoms with E-state index >= 15 is 0 Å². The summed E-state index contributed by atoms with van der Waals surface area (Å²) in [6.45, 7) is 2.76. The Balaban J connectivity index is 2.04. The van der Waals surface area contributed by atoms with Crippen LogP contribution < -0.4 is 0 Å². The lowest BCUT2D eigenvalue weighted by molar-refractivity contribution is -0.0443. The summed E-state index contributed by atoms with van der Waals surface area (Å²) in [6.07, 6.45) is 2.74. The van der Waals surface area contributed by atoms with Gasteiger partial charge >= 0.3 is 0 Å². The van der Waals surface area contributed by atoms with E-state index in [2.05, 4.69) is 19.9 Å². The van der Waals surface area contributed by atoms with E-state index in [9.17, 15) is 4.39 Å². The highest BCUT2D eigenvalue weighted by Gasteiger charge is 2.21. The van der Waals surface area contributed by atoms with Crippen LogP contribution in [0.1, 0.15) is 17.7 Å². The molecule has 3 heterocycles. The van der Waals surface area contributed by atoms with Gasteiger partial charge in [0.1, 0.15) is 5.82 Å². The maximum Gasteiger partial charge on any atom is 0.223 e. The Hall–Kier alpha value is -1.64. The first kappa shape index (κ1) is 14.3. The second-order valence-corrected chi connectivity index (χ2v) is 5.15. The highest BCUT2D eigenvalue weighted by Crippen LogP contribution is 2.27. The molecule has 0 bridgehead atoms. The fraction of sp³-hybridized carbons (Fsp3) is 0.385. The molecule has 0 aliphatic carbocycles. The van der Waals surface area contributed by atoms with Gasteiger partial charge in [-0.3, -0.25) is 0 Å². The molecule has 6 nitrogen and oxygen atoms in total. The van der Waals surface area contributed by atoms with Crippen LogP contribution in [0, 0.1) is 12.9 Å². The van der Waals surface area contributed by atoms with Crippen molar-refractivity contribution in [2.75, 3.05) is 19.5 Å². The molecule has 0 spiro atoms. The normalized spacial score (nSPS) is 15.6. The van der Waals surface area contributed by atoms with Crippen LogP contribution in [0.2, 0.25) is 0 Å². The van der Waals surface area contributed by atoms with Crippen molar-refractivity contribution in [1.29, 1.82) is 0 Å². The van der Waals surface area contributed by atoms with Gasteiger partial charge in [0.15, 0.2) is 17.3 Å². The molecule has 2 aromatic heterocycles. The number of halogens is 1. The molecule has 1 fully saturated rings. The summed E-state index contributed by atoms with van der Waals surface area (Å²) in [7, 11) is 0. The van der Waals surface area contributed by atoms with E-state index in [1.165, 1.54) is 18.0 Å². The average molecular weight is 308 g/mol. The van der Waals surface area contributed by atoms with E-state index < -0.39 is 12.2 Å². The van der Waals surface area contributed by atoms with Crippen molar-refractivity contribution < 1.29 is 13.9 Å². The van der Waals surface area contributed by atoms with Gasteiger partial charge in [0.2, 0.25) is 5.95 Å². The van der Waals surface area contributed by atoms with Gasteiger partial charge in [-0.05, 0) is 19.2 Å². The summed E-state index contributed by atoms with van der Waals surface area (Å²) >= 11 is 1.37. The minimum Gasteiger partial charge on any atom is -0.346 e. The third-order valence-corrected chi connectivity index (χ3v) is 3.45. The maximum absolute atomic E-state index is 14.0. The SMILES string of the molecule is CSc1nc(C)nc(-c2cc(C3OCCO3)cnc2F)n1. The molecular weight excluding hydrogens is 295 g/mol. The number of ether oxygens (including phenoxy) is 2. The van der Waals surface area contributed by atoms with Crippen LogP contribution in [0.3, 0.4) is 0 Å². The summed E-state index contributed by atoms with van der Waals surface area (Å²) in [5.74, 6) is 0.161. The van der Waals surface area contributed by atoms with Crippen LogP contribution >= 0.6 is 11.8 Å². The van der Waals surface area contributed by atoms with Crippen LogP contribution in [-0.4, -0.2) is 39.4 Å². The van der Waals surface area contributed by atoms with Crippen LogP contribution in [0.15, 0.2) is 17.4 Å². The monoisotopic (exact) mass is 308 g/mol. The minimum absolute atomic E-state index is 0.215. The number of nitrogens with zero attached hydrogens (tertiary/aromatic N) is 4. The Morgan fingerprint density at radius 2 is 2.00 bits per heavy atom. The summed E-state index contributed by atoms with van der Waals surface area (Å²) in [5, 5.41) is 0.538. The molecule has 110 valence electrons. The largest absolute Gasteiger partial charge is 0.346 e. The summed E-state index contributed by atoms with van der Waals surface area (Å²) in [5.41, 5.74) is 0.861. The van der Waals surface area contributed by atoms with Crippen molar-refractivity contribution in [3.63, 3.8) is 0 Å². The van der Waals surface area contributed by atoms with E-state index in [0.717, 1.165) is 0 Å². The number of thioether (sulfide) groups is 1. The van der Waals surface area contributed by atoms with E-state index in [0.29, 0.717) is 29.8 Å². The predicted octanol–water partition coefficient (Wildman–Crippen LogP) is 2.15. The molecule has 3 rings (SSSR count). The van der Waals surface area contributed by atoms with E-state index in [-0.39, 0.29) is 11.4 Å². The molecule has 8 heteroatoms. The van der Waals surface area contributed by atoms with Gasteiger partial charge in [-0.1, -0.05) is 11.8 Å². The predicted molar refractivity (Wildman–Crippen MR) is 74.2 cm³/mol. The molecule has 0 amide bonds. The number of pyridine rings is 1. The van der Waals surface area contributed by atoms with E-state index in [1.807, 2.05) is 6.26 Å². The second kappa shape index (κ2) is 6.00. The third kappa shape index (κ3) is 3.02. The van der Waals surface area contributed by atoms with Gasteiger partial charge in [-0.2, -0.15) is 4.39 Å². The van der Waals surface area contributed by atoms with Crippen molar-refractivity contribution in [1.82, 2.24) is 19.9 Å². The molecule has 1 aliphatic rings. The molecule has 0 unspecified atom stereocenters. The molecular formula is C13H13FN4O2S. The van der Waals surface area contributed by atoms with E-state index in [4.69, 9.17) is 9.47 Å². The van der Waals surface area contributed by atoms with Gasteiger partial charge in [-0.15, -0.1) is 0 Å². The quantitative estimate of drug-likeness (QED) is 0.635. The van der Waals surface area contributed by atoms with Crippen molar-refractivity contribution in [2.24, 2.45) is 0 Å². The van der Waals surface area contributed by atoms with Gasteiger partial charge in [0.25, 0.3) is 0 Å². The lowest BCUT2D eigenvalue weighted by Gasteiger charge is -2.11. The molecule has 1 saturated heterocycles. The zero-order valence-corrected chi connectivity index (χ0v) is 12.4. The molecule has 0 N–H and O–H groups in total. The fourth-order valence-electron chi connectivity index (χ4n) is 1.97. The number of aryl methyl sites for hydroxylation is 1. The van der Waals surface area contributed by atoms with Crippen LogP contribution in [-0.2, 0) is 9.47 Å². The van der Waals surface area contributed by atoms with Gasteiger partial charge in [0.05, 0.1) is 18.8 Å². The summed E-state index contributed by atoms with van der Waals surface area (Å²) in [4.78, 5) is 16.3. The maximum atomic E-state index is 14.0. The number of hydrogen-bond acceptors (Lipinski definition) is 7. The van der Waals surface area contributed by atoms with Crippen LogP contribution in [0.25, 0.3) is 11.4 Å². The Morgan fingerprint density at radius 3 is 2.71 bits per heavy atom. The Kier molecular flexibility index (Phi) is 4.09. The second-order valence-electron chi connectivity index (χ2n) is 4.37. The molecule has 0 atom stereocenters. The highest BCUT2D eigenvalue weighted by atomic mass is 32.2. The van der Waals surface area contributed by atoms with Crippen molar-refractivity contribution in [2.45, 2.75) is 18.4 Å². The van der Waals surface area contributed by atoms with Crippen molar-refractivity contribution in [3.8, 4) is 11.4 Å². The molecule has 0 aromatic carbocycles. The smallest absolute Gasteiger partial charge is 0.223 e. The van der Waals surface area contributed by atoms with Crippen molar-refractivity contribution in [3.05, 3.63) is 29.6 Å². The number of rotatable bonds is 3. The summed E-state index contributed by atoms with van der Waals surface area (Å²) < 4.78 is 24.8. The van der Waals surface area contributed by atoms with Crippen LogP contribution in [0.4, 0.5) is 4.39 Å². The lowest BCUT2D eigenvalue weighted by atomic mass is 10.2. The fourth-order valence-corrected chi connectivity index (χ4v) is 2.37. The van der Waals surface area contributed by atoms with Crippen molar-refractivity contribution >= 4 is 11.8 Å². The Labute approximate surface area is 125 Å². The topological polar surface area (TPSA) is 70.0 Å². The van der Waals surface area contributed by atoms with Gasteiger partial charge in [-0.25, -0.2) is 19.9 Å². The molecule has 1 aliphatic heterocycles. The molecule has 2 aromatic rings.